The van der Waals surface area contributed by atoms with E-state index in [9.17, 15) is 0 Å². The first-order chi connectivity index (χ1) is 27.6. The maximum atomic E-state index is 6.48. The van der Waals surface area contributed by atoms with Crippen LogP contribution in [0, 0.1) is 6.92 Å². The van der Waals surface area contributed by atoms with Gasteiger partial charge in [0.1, 0.15) is 35.9 Å². The first kappa shape index (κ1) is 31.3. The summed E-state index contributed by atoms with van der Waals surface area (Å²) in [6, 6.07) is 55.8. The summed E-state index contributed by atoms with van der Waals surface area (Å²) in [5.74, 6) is 3.22. The molecule has 9 aromatic rings. The molecule has 7 heteroatoms. The van der Waals surface area contributed by atoms with Gasteiger partial charge < -0.3 is 28.1 Å². The van der Waals surface area contributed by atoms with Crippen molar-refractivity contribution in [1.82, 2.24) is 0 Å². The number of aryl methyl sites for hydroxylation is 1. The van der Waals surface area contributed by atoms with Gasteiger partial charge in [0.2, 0.25) is 0 Å². The van der Waals surface area contributed by atoms with Gasteiger partial charge in [-0.3, -0.25) is 0 Å². The summed E-state index contributed by atoms with van der Waals surface area (Å²) in [5, 5.41) is 2.16. The Balaban J connectivity index is 1.13. The van der Waals surface area contributed by atoms with Gasteiger partial charge in [0.15, 0.2) is 11.5 Å². The molecule has 0 saturated carbocycles. The summed E-state index contributed by atoms with van der Waals surface area (Å²) < 4.78 is 25.4. The van der Waals surface area contributed by atoms with Gasteiger partial charge in [0.25, 0.3) is 6.71 Å². The molecule has 0 atom stereocenters. The van der Waals surface area contributed by atoms with Crippen LogP contribution < -0.4 is 35.7 Å². The highest BCUT2D eigenvalue weighted by Crippen LogP contribution is 2.48. The van der Waals surface area contributed by atoms with Crippen molar-refractivity contribution < 1.29 is 18.3 Å². The van der Waals surface area contributed by atoms with Crippen molar-refractivity contribution in [2.24, 2.45) is 0 Å². The largest absolute Gasteiger partial charge is 0.486 e. The molecule has 5 heterocycles. The average Bonchev–Trinajstić information content (AvgIpc) is 3.88. The standard InChI is InChI=1S/C49H33BN2O4/c1-30-22-41-49-42(23-30)52(36-15-9-12-31(24-36)45-26-32-10-5-7-16-43(32)55-45)39-25-34(46-27-33-11-6-8-17-44(33)56-46)18-19-37(39)50(49)38-28-47-48(54-21-20-53-47)29-40(38)51(41)35-13-3-2-4-14-35/h2-19,22-29H,20-21H2,1H3. The molecular weight excluding hydrogens is 691 g/mol. The monoisotopic (exact) mass is 724 g/mol. The molecule has 0 radical (unpaired) electrons. The Labute approximate surface area is 323 Å². The van der Waals surface area contributed by atoms with Crippen LogP contribution in [0.25, 0.3) is 44.6 Å². The molecule has 12 rings (SSSR count). The molecule has 0 bridgehead atoms. The summed E-state index contributed by atoms with van der Waals surface area (Å²) in [5.41, 5.74) is 15.1. The maximum Gasteiger partial charge on any atom is 0.252 e. The van der Waals surface area contributed by atoms with Gasteiger partial charge in [-0.1, -0.05) is 78.9 Å². The number of ether oxygens (including phenoxy) is 2. The molecule has 0 spiro atoms. The van der Waals surface area contributed by atoms with Crippen molar-refractivity contribution >= 4 is 79.2 Å². The van der Waals surface area contributed by atoms with Crippen molar-refractivity contribution in [2.75, 3.05) is 23.0 Å². The summed E-state index contributed by atoms with van der Waals surface area (Å²) in [6.07, 6.45) is 0. The Kier molecular flexibility index (Phi) is 6.67. The van der Waals surface area contributed by atoms with Crippen molar-refractivity contribution in [1.29, 1.82) is 0 Å². The number of hydrogen-bond acceptors (Lipinski definition) is 6. The number of benzene rings is 7. The third-order valence-electron chi connectivity index (χ3n) is 11.4. The van der Waals surface area contributed by atoms with Crippen LogP contribution in [-0.4, -0.2) is 19.9 Å². The molecule has 0 aliphatic carbocycles. The number of furan rings is 2. The molecule has 0 amide bonds. The van der Waals surface area contributed by atoms with Crippen LogP contribution in [0.4, 0.5) is 34.1 Å². The zero-order chi connectivity index (χ0) is 36.9. The highest BCUT2D eigenvalue weighted by atomic mass is 16.6. The molecule has 0 unspecified atom stereocenters. The zero-order valence-corrected chi connectivity index (χ0v) is 30.5. The first-order valence-electron chi connectivity index (χ1n) is 19.1. The quantitative estimate of drug-likeness (QED) is 0.169. The smallest absolute Gasteiger partial charge is 0.252 e. The molecule has 6 nitrogen and oxygen atoms in total. The van der Waals surface area contributed by atoms with Crippen LogP contribution >= 0.6 is 0 Å². The molecule has 0 fully saturated rings. The SMILES string of the molecule is Cc1cc2c3c(c1)N(c1ccccc1)c1cc4c(cc1B3c1ccc(-c3cc5ccccc5o3)cc1N2c1cccc(-c2cc3ccccc3o2)c1)OCCO4. The maximum absolute atomic E-state index is 6.48. The lowest BCUT2D eigenvalue weighted by atomic mass is 9.33. The lowest BCUT2D eigenvalue weighted by molar-refractivity contribution is 0.172. The molecule has 3 aliphatic heterocycles. The zero-order valence-electron chi connectivity index (χ0n) is 30.5. The van der Waals surface area contributed by atoms with Gasteiger partial charge >= 0.3 is 0 Å². The number of anilines is 6. The van der Waals surface area contributed by atoms with E-state index in [0.29, 0.717) is 13.2 Å². The molecular formula is C49H33BN2O4. The van der Waals surface area contributed by atoms with E-state index in [-0.39, 0.29) is 6.71 Å². The van der Waals surface area contributed by atoms with Gasteiger partial charge in [-0.2, -0.15) is 0 Å². The van der Waals surface area contributed by atoms with Crippen molar-refractivity contribution in [3.05, 3.63) is 163 Å². The summed E-state index contributed by atoms with van der Waals surface area (Å²) in [6.45, 7) is 3.15. The fraction of sp³-hybridized carbons (Fsp3) is 0.0612. The minimum atomic E-state index is -0.0825. The molecule has 56 heavy (non-hydrogen) atoms. The second-order valence-electron chi connectivity index (χ2n) is 14.8. The number of hydrogen-bond donors (Lipinski definition) is 0. The Morgan fingerprint density at radius 2 is 1.05 bits per heavy atom. The van der Waals surface area contributed by atoms with Gasteiger partial charge in [-0.25, -0.2) is 0 Å². The fourth-order valence-electron chi connectivity index (χ4n) is 9.00. The summed E-state index contributed by atoms with van der Waals surface area (Å²) in [4.78, 5) is 4.83. The Morgan fingerprint density at radius 1 is 0.464 bits per heavy atom. The van der Waals surface area contributed by atoms with Gasteiger partial charge in [0.05, 0.1) is 0 Å². The van der Waals surface area contributed by atoms with Crippen LogP contribution in [0.3, 0.4) is 0 Å². The van der Waals surface area contributed by atoms with Gasteiger partial charge in [-0.05, 0) is 102 Å². The van der Waals surface area contributed by atoms with Crippen LogP contribution in [-0.2, 0) is 0 Å². The van der Waals surface area contributed by atoms with Gasteiger partial charge in [-0.15, -0.1) is 0 Å². The second-order valence-corrected chi connectivity index (χ2v) is 14.8. The fourth-order valence-corrected chi connectivity index (χ4v) is 9.00. The third-order valence-corrected chi connectivity index (χ3v) is 11.4. The molecule has 0 saturated heterocycles. The Bertz CT molecular complexity index is 2970. The number of rotatable bonds is 4. The van der Waals surface area contributed by atoms with E-state index in [1.165, 1.54) is 16.4 Å². The molecule has 3 aliphatic rings. The van der Waals surface area contributed by atoms with Crippen molar-refractivity contribution in [3.8, 4) is 34.1 Å². The molecule has 7 aromatic carbocycles. The molecule has 2 aromatic heterocycles. The summed E-state index contributed by atoms with van der Waals surface area (Å²) in [7, 11) is 0. The summed E-state index contributed by atoms with van der Waals surface area (Å²) >= 11 is 0. The highest BCUT2D eigenvalue weighted by molar-refractivity contribution is 7.00. The van der Waals surface area contributed by atoms with E-state index in [2.05, 4.69) is 144 Å². The Hall–Kier alpha value is -7.12. The van der Waals surface area contributed by atoms with E-state index in [1.54, 1.807) is 0 Å². The van der Waals surface area contributed by atoms with Crippen LogP contribution in [0.1, 0.15) is 5.56 Å². The lowest BCUT2D eigenvalue weighted by Gasteiger charge is -2.44. The van der Waals surface area contributed by atoms with E-state index >= 15 is 0 Å². The minimum Gasteiger partial charge on any atom is -0.486 e. The lowest BCUT2D eigenvalue weighted by Crippen LogP contribution is -2.61. The topological polar surface area (TPSA) is 51.2 Å². The van der Waals surface area contributed by atoms with E-state index in [1.807, 2.05) is 30.3 Å². The predicted molar refractivity (Wildman–Crippen MR) is 227 cm³/mol. The average molecular weight is 725 g/mol. The number of fused-ring (bicyclic) bond motifs is 7. The van der Waals surface area contributed by atoms with Crippen LogP contribution in [0.15, 0.2) is 167 Å². The minimum absolute atomic E-state index is 0.0825. The van der Waals surface area contributed by atoms with E-state index < -0.39 is 0 Å². The normalized spacial score (nSPS) is 13.8. The Morgan fingerprint density at radius 3 is 1.75 bits per heavy atom. The van der Waals surface area contributed by atoms with Crippen molar-refractivity contribution in [3.63, 3.8) is 0 Å². The first-order valence-corrected chi connectivity index (χ1v) is 19.1. The van der Waals surface area contributed by atoms with Crippen molar-refractivity contribution in [2.45, 2.75) is 6.92 Å². The second kappa shape index (κ2) is 11.9. The third kappa shape index (κ3) is 4.70. The number of nitrogens with zero attached hydrogens (tertiary/aromatic N) is 2. The molecule has 0 N–H and O–H groups in total. The van der Waals surface area contributed by atoms with E-state index in [4.69, 9.17) is 18.3 Å². The predicted octanol–water partition coefficient (Wildman–Crippen LogP) is 10.7. The van der Waals surface area contributed by atoms with Gasteiger partial charge in [0, 0.05) is 62.1 Å². The van der Waals surface area contributed by atoms with Crippen LogP contribution in [0.2, 0.25) is 0 Å². The highest BCUT2D eigenvalue weighted by Gasteiger charge is 2.44. The van der Waals surface area contributed by atoms with E-state index in [0.717, 1.165) is 95.8 Å². The molecule has 266 valence electrons. The number of para-hydroxylation sites is 3. The van der Waals surface area contributed by atoms with Crippen LogP contribution in [0.5, 0.6) is 11.5 Å².